The van der Waals surface area contributed by atoms with Gasteiger partial charge in [-0.05, 0) is 32.4 Å². The Bertz CT molecular complexity index is 1210. The first-order valence-corrected chi connectivity index (χ1v) is 11.8. The van der Waals surface area contributed by atoms with E-state index in [0.29, 0.717) is 13.1 Å². The minimum atomic E-state index is -2.23. The summed E-state index contributed by atoms with van der Waals surface area (Å²) in [6, 6.07) is 3.22. The van der Waals surface area contributed by atoms with Crippen LogP contribution >= 0.6 is 46.4 Å². The molecule has 0 aromatic heterocycles. The van der Waals surface area contributed by atoms with Crippen molar-refractivity contribution in [1.82, 2.24) is 0 Å². The van der Waals surface area contributed by atoms with Gasteiger partial charge in [0.25, 0.3) is 0 Å². The summed E-state index contributed by atoms with van der Waals surface area (Å²) in [5, 5.41) is -0.726. The van der Waals surface area contributed by atoms with Gasteiger partial charge >= 0.3 is 23.7 Å². The SMILES string of the molecule is CCN(CC)c1cc(OC(C)=O)c(C2(OC(C)=O)OC(=O)c3c(Cl)c(Cl)c(Cl)c(Cl)c32)cc1C. The highest BCUT2D eigenvalue weighted by Gasteiger charge is 2.56. The molecule has 0 saturated carbocycles. The Kier molecular flexibility index (Phi) is 7.63. The molecule has 0 saturated heterocycles. The molecule has 11 heteroatoms. The van der Waals surface area contributed by atoms with E-state index >= 15 is 0 Å². The van der Waals surface area contributed by atoms with Gasteiger partial charge in [0.2, 0.25) is 0 Å². The van der Waals surface area contributed by atoms with E-state index in [0.717, 1.165) is 18.2 Å². The van der Waals surface area contributed by atoms with E-state index in [1.54, 1.807) is 12.1 Å². The summed E-state index contributed by atoms with van der Waals surface area (Å²) in [6.45, 7) is 9.47. The van der Waals surface area contributed by atoms with Gasteiger partial charge in [0.15, 0.2) is 0 Å². The zero-order valence-electron chi connectivity index (χ0n) is 19.0. The van der Waals surface area contributed by atoms with Crippen molar-refractivity contribution in [2.45, 2.75) is 40.4 Å². The molecule has 0 N–H and O–H groups in total. The number of ether oxygens (including phenoxy) is 3. The van der Waals surface area contributed by atoms with Crippen LogP contribution in [-0.4, -0.2) is 31.0 Å². The lowest BCUT2D eigenvalue weighted by Crippen LogP contribution is -2.35. The smallest absolute Gasteiger partial charge is 0.344 e. The third-order valence-electron chi connectivity index (χ3n) is 5.33. The van der Waals surface area contributed by atoms with Gasteiger partial charge in [-0.2, -0.15) is 0 Å². The Morgan fingerprint density at radius 2 is 1.56 bits per heavy atom. The van der Waals surface area contributed by atoms with E-state index in [9.17, 15) is 14.4 Å². The fourth-order valence-electron chi connectivity index (χ4n) is 3.96. The van der Waals surface area contributed by atoms with E-state index in [4.69, 9.17) is 60.6 Å². The van der Waals surface area contributed by atoms with Crippen LogP contribution in [0.4, 0.5) is 5.69 Å². The average Bonchev–Trinajstić information content (AvgIpc) is 3.04. The molecule has 0 aliphatic carbocycles. The van der Waals surface area contributed by atoms with Gasteiger partial charge in [0.05, 0.1) is 36.8 Å². The van der Waals surface area contributed by atoms with Crippen molar-refractivity contribution in [2.75, 3.05) is 18.0 Å². The van der Waals surface area contributed by atoms with Crippen molar-refractivity contribution in [3.63, 3.8) is 0 Å². The standard InChI is InChI=1S/C23H21Cl4NO6/c1-6-28(7-2)14-9-15(32-11(4)29)13(8-10(14)3)23(33-12(5)30)17-16(22(31)34-23)18(24)20(26)21(27)19(17)25/h8-9H,6-7H2,1-5H3. The molecule has 7 nitrogen and oxygen atoms in total. The quantitative estimate of drug-likeness (QED) is 0.181. The number of hydrogen-bond donors (Lipinski definition) is 0. The average molecular weight is 549 g/mol. The van der Waals surface area contributed by atoms with Gasteiger partial charge in [0, 0.05) is 38.7 Å². The molecule has 2 aromatic rings. The number of cyclic esters (lactones) is 1. The fraction of sp³-hybridized carbons (Fsp3) is 0.348. The van der Waals surface area contributed by atoms with E-state index in [1.165, 1.54) is 6.92 Å². The Labute approximate surface area is 216 Å². The van der Waals surface area contributed by atoms with Gasteiger partial charge in [-0.3, -0.25) is 9.59 Å². The largest absolute Gasteiger partial charge is 0.426 e. The maximum atomic E-state index is 13.0. The predicted molar refractivity (Wildman–Crippen MR) is 130 cm³/mol. The zero-order chi connectivity index (χ0) is 25.5. The molecule has 0 amide bonds. The summed E-state index contributed by atoms with van der Waals surface area (Å²) in [5.74, 6) is -4.62. The van der Waals surface area contributed by atoms with E-state index in [-0.39, 0.29) is 42.5 Å². The Morgan fingerprint density at radius 3 is 2.09 bits per heavy atom. The number of carbonyl (C=O) groups excluding carboxylic acids is 3. The van der Waals surface area contributed by atoms with Gasteiger partial charge in [-0.25, -0.2) is 4.79 Å². The molecule has 34 heavy (non-hydrogen) atoms. The van der Waals surface area contributed by atoms with Crippen molar-refractivity contribution >= 4 is 70.0 Å². The highest BCUT2D eigenvalue weighted by atomic mass is 35.5. The molecule has 0 radical (unpaired) electrons. The number of nitrogens with zero attached hydrogens (tertiary/aromatic N) is 1. The second kappa shape index (κ2) is 9.82. The predicted octanol–water partition coefficient (Wildman–Crippen LogP) is 6.31. The van der Waals surface area contributed by atoms with Gasteiger partial charge in [0.1, 0.15) is 5.75 Å². The number of rotatable bonds is 6. The highest BCUT2D eigenvalue weighted by Crippen LogP contribution is 2.55. The number of carbonyl (C=O) groups is 3. The normalized spacial score (nSPS) is 16.7. The lowest BCUT2D eigenvalue weighted by molar-refractivity contribution is -0.191. The van der Waals surface area contributed by atoms with Gasteiger partial charge in [-0.15, -0.1) is 0 Å². The molecule has 1 atom stereocenters. The monoisotopic (exact) mass is 547 g/mol. The van der Waals surface area contributed by atoms with E-state index < -0.39 is 23.7 Å². The molecule has 1 heterocycles. The summed E-state index contributed by atoms with van der Waals surface area (Å²) >= 11 is 25.3. The van der Waals surface area contributed by atoms with Crippen LogP contribution in [-0.2, 0) is 24.8 Å². The lowest BCUT2D eigenvalue weighted by Gasteiger charge is -2.32. The van der Waals surface area contributed by atoms with Crippen molar-refractivity contribution in [2.24, 2.45) is 0 Å². The summed E-state index contributed by atoms with van der Waals surface area (Å²) in [4.78, 5) is 39.3. The fourth-order valence-corrected chi connectivity index (χ4v) is 5.02. The molecule has 1 unspecified atom stereocenters. The van der Waals surface area contributed by atoms with E-state index in [2.05, 4.69) is 0 Å². The summed E-state index contributed by atoms with van der Waals surface area (Å²) in [7, 11) is 0. The number of fused-ring (bicyclic) bond motifs is 1. The van der Waals surface area contributed by atoms with Gasteiger partial charge in [-0.1, -0.05) is 46.4 Å². The van der Waals surface area contributed by atoms with Crippen LogP contribution in [0.15, 0.2) is 12.1 Å². The van der Waals surface area contributed by atoms with Crippen molar-refractivity contribution < 1.29 is 28.6 Å². The van der Waals surface area contributed by atoms with Crippen LogP contribution in [0, 0.1) is 6.92 Å². The minimum Gasteiger partial charge on any atom is -0.426 e. The Balaban J connectivity index is 2.46. The van der Waals surface area contributed by atoms with Crippen LogP contribution in [0.3, 0.4) is 0 Å². The van der Waals surface area contributed by atoms with Crippen LogP contribution < -0.4 is 9.64 Å². The number of esters is 3. The molecule has 0 bridgehead atoms. The summed E-state index contributed by atoms with van der Waals surface area (Å²) < 4.78 is 16.7. The second-order valence-corrected chi connectivity index (χ2v) is 9.02. The molecule has 1 aliphatic rings. The van der Waals surface area contributed by atoms with Crippen LogP contribution in [0.1, 0.15) is 54.7 Å². The molecular weight excluding hydrogens is 528 g/mol. The first-order valence-electron chi connectivity index (χ1n) is 10.3. The summed E-state index contributed by atoms with van der Waals surface area (Å²) in [6.07, 6.45) is 0. The van der Waals surface area contributed by atoms with Crippen LogP contribution in [0.5, 0.6) is 5.75 Å². The van der Waals surface area contributed by atoms with E-state index in [1.807, 2.05) is 25.7 Å². The number of halogens is 4. The van der Waals surface area contributed by atoms with Gasteiger partial charge < -0.3 is 19.1 Å². The second-order valence-electron chi connectivity index (χ2n) is 7.51. The van der Waals surface area contributed by atoms with Crippen molar-refractivity contribution in [1.29, 1.82) is 0 Å². The van der Waals surface area contributed by atoms with Crippen LogP contribution in [0.2, 0.25) is 20.1 Å². The topological polar surface area (TPSA) is 82.1 Å². The maximum Gasteiger partial charge on any atom is 0.344 e. The van der Waals surface area contributed by atoms with Crippen molar-refractivity contribution in [3.05, 3.63) is 54.5 Å². The highest BCUT2D eigenvalue weighted by molar-refractivity contribution is 6.53. The Hall–Kier alpha value is -2.19. The third-order valence-corrected chi connectivity index (χ3v) is 7.14. The van der Waals surface area contributed by atoms with Crippen molar-refractivity contribution in [3.8, 4) is 5.75 Å². The number of aryl methyl sites for hydroxylation is 1. The summed E-state index contributed by atoms with van der Waals surface area (Å²) in [5.41, 5.74) is 1.23. The first-order chi connectivity index (χ1) is 15.9. The molecule has 2 aromatic carbocycles. The van der Waals surface area contributed by atoms with Crippen LogP contribution in [0.25, 0.3) is 0 Å². The molecule has 1 aliphatic heterocycles. The minimum absolute atomic E-state index is 0.000150. The molecule has 0 spiro atoms. The third kappa shape index (κ3) is 4.31. The number of anilines is 1. The zero-order valence-corrected chi connectivity index (χ0v) is 22.0. The Morgan fingerprint density at radius 1 is 0.971 bits per heavy atom. The molecular formula is C23H21Cl4NO6. The molecule has 3 rings (SSSR count). The number of hydrogen-bond acceptors (Lipinski definition) is 7. The number of benzene rings is 2. The lowest BCUT2D eigenvalue weighted by atomic mass is 9.92. The maximum absolute atomic E-state index is 13.0. The molecule has 182 valence electrons. The molecule has 0 fully saturated rings. The first kappa shape index (κ1) is 26.4.